The van der Waals surface area contributed by atoms with Crippen molar-refractivity contribution >= 4 is 5.91 Å². The van der Waals surface area contributed by atoms with Gasteiger partial charge in [0.1, 0.15) is 0 Å². The molecular formula is C13H19FN2O2. The van der Waals surface area contributed by atoms with Crippen LogP contribution in [0.2, 0.25) is 0 Å². The fraction of sp³-hybridized carbons (Fsp3) is 0.462. The molecule has 0 aliphatic heterocycles. The standard InChI is InChI=1S/C13H19FN2O2/c1-3-16-13(17)6-7-18-12-5-4-10(9(2)15)8-11(12)14/h4-5,8-9H,3,6-7,15H2,1-2H3,(H,16,17)/t9-/m0/s1. The van der Waals surface area contributed by atoms with E-state index in [2.05, 4.69) is 5.32 Å². The SMILES string of the molecule is CCNC(=O)CCOc1ccc([C@H](C)N)cc1F. The molecule has 0 fully saturated rings. The van der Waals surface area contributed by atoms with Gasteiger partial charge in [0, 0.05) is 12.6 Å². The lowest BCUT2D eigenvalue weighted by atomic mass is 10.1. The molecule has 0 aromatic heterocycles. The first kappa shape index (κ1) is 14.4. The lowest BCUT2D eigenvalue weighted by Gasteiger charge is -2.10. The second kappa shape index (κ2) is 6.96. The average molecular weight is 254 g/mol. The zero-order valence-electron chi connectivity index (χ0n) is 10.7. The largest absolute Gasteiger partial charge is 0.490 e. The van der Waals surface area contributed by atoms with E-state index in [1.807, 2.05) is 6.92 Å². The van der Waals surface area contributed by atoms with Crippen LogP contribution in [0.25, 0.3) is 0 Å². The Kier molecular flexibility index (Phi) is 5.58. The summed E-state index contributed by atoms with van der Waals surface area (Å²) in [6.45, 7) is 4.35. The Morgan fingerprint density at radius 1 is 1.56 bits per heavy atom. The molecule has 4 nitrogen and oxygen atoms in total. The summed E-state index contributed by atoms with van der Waals surface area (Å²) < 4.78 is 18.8. The lowest BCUT2D eigenvalue weighted by molar-refractivity contribution is -0.121. The number of carbonyl (C=O) groups is 1. The van der Waals surface area contributed by atoms with E-state index >= 15 is 0 Å². The topological polar surface area (TPSA) is 64.3 Å². The normalized spacial score (nSPS) is 12.0. The van der Waals surface area contributed by atoms with Gasteiger partial charge in [-0.1, -0.05) is 6.07 Å². The zero-order valence-corrected chi connectivity index (χ0v) is 10.7. The fourth-order valence-corrected chi connectivity index (χ4v) is 1.46. The Morgan fingerprint density at radius 3 is 2.83 bits per heavy atom. The van der Waals surface area contributed by atoms with Crippen molar-refractivity contribution in [1.29, 1.82) is 0 Å². The van der Waals surface area contributed by atoms with Crippen LogP contribution < -0.4 is 15.8 Å². The summed E-state index contributed by atoms with van der Waals surface area (Å²) in [5.41, 5.74) is 6.36. The molecule has 0 heterocycles. The first-order valence-corrected chi connectivity index (χ1v) is 5.99. The molecule has 0 spiro atoms. The summed E-state index contributed by atoms with van der Waals surface area (Å²) in [6.07, 6.45) is 0.211. The van der Waals surface area contributed by atoms with E-state index in [-0.39, 0.29) is 30.7 Å². The summed E-state index contributed by atoms with van der Waals surface area (Å²) >= 11 is 0. The quantitative estimate of drug-likeness (QED) is 0.813. The molecular weight excluding hydrogens is 235 g/mol. The number of nitrogens with one attached hydrogen (secondary N) is 1. The Hall–Kier alpha value is -1.62. The van der Waals surface area contributed by atoms with Crippen molar-refractivity contribution < 1.29 is 13.9 Å². The monoisotopic (exact) mass is 254 g/mol. The van der Waals surface area contributed by atoms with Gasteiger partial charge in [0.25, 0.3) is 0 Å². The minimum atomic E-state index is -0.458. The average Bonchev–Trinajstić information content (AvgIpc) is 2.31. The van der Waals surface area contributed by atoms with Crippen molar-refractivity contribution in [3.63, 3.8) is 0 Å². The number of amides is 1. The molecule has 1 aromatic carbocycles. The van der Waals surface area contributed by atoms with Gasteiger partial charge in [-0.15, -0.1) is 0 Å². The molecule has 3 N–H and O–H groups in total. The molecule has 1 rings (SSSR count). The third kappa shape index (κ3) is 4.33. The van der Waals surface area contributed by atoms with Crippen LogP contribution in [0.4, 0.5) is 4.39 Å². The van der Waals surface area contributed by atoms with E-state index in [1.54, 1.807) is 13.0 Å². The van der Waals surface area contributed by atoms with Crippen molar-refractivity contribution in [2.75, 3.05) is 13.2 Å². The third-order valence-corrected chi connectivity index (χ3v) is 2.44. The molecule has 100 valence electrons. The maximum Gasteiger partial charge on any atom is 0.223 e. The second-order valence-electron chi connectivity index (χ2n) is 4.03. The minimum absolute atomic E-state index is 0.106. The van der Waals surface area contributed by atoms with E-state index in [0.29, 0.717) is 12.1 Å². The van der Waals surface area contributed by atoms with E-state index < -0.39 is 5.82 Å². The number of nitrogens with two attached hydrogens (primary N) is 1. The highest BCUT2D eigenvalue weighted by Gasteiger charge is 2.08. The fourth-order valence-electron chi connectivity index (χ4n) is 1.46. The van der Waals surface area contributed by atoms with Gasteiger partial charge in [-0.3, -0.25) is 4.79 Å². The van der Waals surface area contributed by atoms with Gasteiger partial charge in [-0.2, -0.15) is 0 Å². The molecule has 1 atom stereocenters. The number of rotatable bonds is 6. The Balaban J connectivity index is 2.50. The van der Waals surface area contributed by atoms with Crippen molar-refractivity contribution in [2.45, 2.75) is 26.3 Å². The Bertz CT molecular complexity index is 408. The van der Waals surface area contributed by atoms with Gasteiger partial charge in [0.2, 0.25) is 5.91 Å². The number of benzene rings is 1. The molecule has 0 aliphatic carbocycles. The molecule has 5 heteroatoms. The summed E-state index contributed by atoms with van der Waals surface area (Å²) in [4.78, 5) is 11.2. The summed E-state index contributed by atoms with van der Waals surface area (Å²) in [7, 11) is 0. The first-order valence-electron chi connectivity index (χ1n) is 5.99. The molecule has 0 unspecified atom stereocenters. The molecule has 0 aliphatic rings. The Labute approximate surface area is 106 Å². The van der Waals surface area contributed by atoms with Gasteiger partial charge < -0.3 is 15.8 Å². The second-order valence-corrected chi connectivity index (χ2v) is 4.03. The number of carbonyl (C=O) groups excluding carboxylic acids is 1. The molecule has 1 aromatic rings. The van der Waals surface area contributed by atoms with Gasteiger partial charge in [0.15, 0.2) is 11.6 Å². The van der Waals surface area contributed by atoms with E-state index in [9.17, 15) is 9.18 Å². The van der Waals surface area contributed by atoms with Gasteiger partial charge in [-0.05, 0) is 31.5 Å². The van der Waals surface area contributed by atoms with Crippen molar-refractivity contribution in [1.82, 2.24) is 5.32 Å². The van der Waals surface area contributed by atoms with Crippen LogP contribution in [-0.4, -0.2) is 19.1 Å². The predicted molar refractivity (Wildman–Crippen MR) is 67.8 cm³/mol. The minimum Gasteiger partial charge on any atom is -0.490 e. The highest BCUT2D eigenvalue weighted by atomic mass is 19.1. The zero-order chi connectivity index (χ0) is 13.5. The molecule has 0 saturated heterocycles. The molecule has 18 heavy (non-hydrogen) atoms. The number of halogens is 1. The van der Waals surface area contributed by atoms with E-state index in [1.165, 1.54) is 12.1 Å². The van der Waals surface area contributed by atoms with Crippen molar-refractivity contribution in [3.05, 3.63) is 29.6 Å². The van der Waals surface area contributed by atoms with Crippen molar-refractivity contribution in [2.24, 2.45) is 5.73 Å². The van der Waals surface area contributed by atoms with Crippen LogP contribution >= 0.6 is 0 Å². The van der Waals surface area contributed by atoms with Gasteiger partial charge in [0.05, 0.1) is 13.0 Å². The molecule has 1 amide bonds. The van der Waals surface area contributed by atoms with Crippen LogP contribution in [0.1, 0.15) is 31.9 Å². The number of ether oxygens (including phenoxy) is 1. The number of hydrogen-bond acceptors (Lipinski definition) is 3. The van der Waals surface area contributed by atoms with Crippen LogP contribution in [0, 0.1) is 5.82 Å². The predicted octanol–water partition coefficient (Wildman–Crippen LogP) is 1.75. The van der Waals surface area contributed by atoms with Gasteiger partial charge >= 0.3 is 0 Å². The van der Waals surface area contributed by atoms with Crippen LogP contribution in [0.3, 0.4) is 0 Å². The number of hydrogen-bond donors (Lipinski definition) is 2. The Morgan fingerprint density at radius 2 is 2.28 bits per heavy atom. The third-order valence-electron chi connectivity index (χ3n) is 2.44. The molecule has 0 bridgehead atoms. The highest BCUT2D eigenvalue weighted by molar-refractivity contribution is 5.75. The van der Waals surface area contributed by atoms with Gasteiger partial charge in [-0.25, -0.2) is 4.39 Å². The van der Waals surface area contributed by atoms with E-state index in [4.69, 9.17) is 10.5 Å². The summed E-state index contributed by atoms with van der Waals surface area (Å²) in [5, 5.41) is 2.64. The smallest absolute Gasteiger partial charge is 0.223 e. The molecule has 0 saturated carbocycles. The summed E-state index contributed by atoms with van der Waals surface area (Å²) in [6, 6.07) is 4.39. The highest BCUT2D eigenvalue weighted by Crippen LogP contribution is 2.21. The van der Waals surface area contributed by atoms with Crippen LogP contribution in [0.15, 0.2) is 18.2 Å². The van der Waals surface area contributed by atoms with E-state index in [0.717, 1.165) is 0 Å². The maximum absolute atomic E-state index is 13.6. The summed E-state index contributed by atoms with van der Waals surface area (Å²) in [5.74, 6) is -0.422. The lowest BCUT2D eigenvalue weighted by Crippen LogP contribution is -2.24. The van der Waals surface area contributed by atoms with Crippen molar-refractivity contribution in [3.8, 4) is 5.75 Å². The molecule has 0 radical (unpaired) electrons. The first-order chi connectivity index (χ1) is 8.54. The maximum atomic E-state index is 13.6. The van der Waals surface area contributed by atoms with Crippen LogP contribution in [0.5, 0.6) is 5.75 Å². The van der Waals surface area contributed by atoms with Crippen LogP contribution in [-0.2, 0) is 4.79 Å².